The number of ether oxygens (including phenoxy) is 3. The molecule has 144 valence electrons. The number of para-hydroxylation sites is 1. The summed E-state index contributed by atoms with van der Waals surface area (Å²) in [5, 5.41) is 2.97. The number of carbonyl (C=O) groups is 1. The number of rotatable bonds is 9. The van der Waals surface area contributed by atoms with Gasteiger partial charge < -0.3 is 19.5 Å². The molecule has 2 fully saturated rings. The molecule has 5 nitrogen and oxygen atoms in total. The molecule has 0 aromatic heterocycles. The molecule has 1 amide bonds. The first kappa shape index (κ1) is 19.2. The zero-order valence-corrected chi connectivity index (χ0v) is 15.6. The van der Waals surface area contributed by atoms with Crippen LogP contribution in [0.5, 0.6) is 5.75 Å². The predicted molar refractivity (Wildman–Crippen MR) is 101 cm³/mol. The Morgan fingerprint density at radius 3 is 2.77 bits per heavy atom. The van der Waals surface area contributed by atoms with E-state index in [1.165, 1.54) is 32.1 Å². The molecule has 1 heterocycles. The van der Waals surface area contributed by atoms with Crippen molar-refractivity contribution in [3.05, 3.63) is 29.8 Å². The van der Waals surface area contributed by atoms with E-state index in [0.717, 1.165) is 25.9 Å². The van der Waals surface area contributed by atoms with Crippen LogP contribution in [0.25, 0.3) is 0 Å². The van der Waals surface area contributed by atoms with E-state index < -0.39 is 0 Å². The highest BCUT2D eigenvalue weighted by Gasteiger charge is 2.18. The number of hydrogen-bond donors (Lipinski definition) is 1. The Balaban J connectivity index is 1.38. The minimum Gasteiger partial charge on any atom is -0.490 e. The van der Waals surface area contributed by atoms with E-state index in [-0.39, 0.29) is 12.0 Å². The lowest BCUT2D eigenvalue weighted by atomic mass is 9.98. The van der Waals surface area contributed by atoms with Crippen LogP contribution in [0.3, 0.4) is 0 Å². The van der Waals surface area contributed by atoms with Gasteiger partial charge in [-0.05, 0) is 44.2 Å². The second kappa shape index (κ2) is 10.5. The van der Waals surface area contributed by atoms with Gasteiger partial charge in [-0.1, -0.05) is 31.4 Å². The van der Waals surface area contributed by atoms with E-state index in [0.29, 0.717) is 37.2 Å². The van der Waals surface area contributed by atoms with Crippen molar-refractivity contribution in [3.63, 3.8) is 0 Å². The van der Waals surface area contributed by atoms with E-state index in [1.807, 2.05) is 18.2 Å². The molecule has 1 atom stereocenters. The van der Waals surface area contributed by atoms with Gasteiger partial charge in [0.2, 0.25) is 0 Å². The Kier molecular flexibility index (Phi) is 7.77. The molecule has 1 saturated heterocycles. The van der Waals surface area contributed by atoms with Crippen LogP contribution >= 0.6 is 0 Å². The Hall–Kier alpha value is -1.59. The number of hydrogen-bond acceptors (Lipinski definition) is 4. The third-order valence-electron chi connectivity index (χ3n) is 5.09. The fourth-order valence-corrected chi connectivity index (χ4v) is 3.59. The average Bonchev–Trinajstić information content (AvgIpc) is 3.20. The molecular weight excluding hydrogens is 330 g/mol. The number of benzene rings is 1. The molecule has 1 saturated carbocycles. The van der Waals surface area contributed by atoms with Gasteiger partial charge in [0.05, 0.1) is 17.8 Å². The van der Waals surface area contributed by atoms with Gasteiger partial charge >= 0.3 is 0 Å². The lowest BCUT2D eigenvalue weighted by Gasteiger charge is -2.22. The maximum absolute atomic E-state index is 12.5. The summed E-state index contributed by atoms with van der Waals surface area (Å²) in [6, 6.07) is 7.40. The van der Waals surface area contributed by atoms with Gasteiger partial charge in [-0.25, -0.2) is 0 Å². The van der Waals surface area contributed by atoms with Crippen LogP contribution in [0, 0.1) is 0 Å². The maximum atomic E-state index is 12.5. The molecule has 1 aromatic rings. The van der Waals surface area contributed by atoms with Crippen molar-refractivity contribution in [2.45, 2.75) is 63.6 Å². The zero-order valence-electron chi connectivity index (χ0n) is 15.6. The first-order valence-electron chi connectivity index (χ1n) is 10.1. The van der Waals surface area contributed by atoms with Gasteiger partial charge in [0.25, 0.3) is 5.91 Å². The van der Waals surface area contributed by atoms with Gasteiger partial charge in [0.15, 0.2) is 0 Å². The van der Waals surface area contributed by atoms with Gasteiger partial charge in [0, 0.05) is 19.8 Å². The molecule has 0 bridgehead atoms. The van der Waals surface area contributed by atoms with E-state index in [1.54, 1.807) is 6.07 Å². The van der Waals surface area contributed by atoms with Gasteiger partial charge in [0.1, 0.15) is 12.4 Å². The summed E-state index contributed by atoms with van der Waals surface area (Å²) in [4.78, 5) is 12.5. The van der Waals surface area contributed by atoms with Crippen molar-refractivity contribution >= 4 is 5.91 Å². The van der Waals surface area contributed by atoms with Crippen molar-refractivity contribution in [2.24, 2.45) is 0 Å². The van der Waals surface area contributed by atoms with E-state index in [9.17, 15) is 4.79 Å². The van der Waals surface area contributed by atoms with Crippen LogP contribution in [-0.4, -0.2) is 44.5 Å². The van der Waals surface area contributed by atoms with Crippen LogP contribution in [0.15, 0.2) is 24.3 Å². The second-order valence-electron chi connectivity index (χ2n) is 7.18. The van der Waals surface area contributed by atoms with Crippen LogP contribution < -0.4 is 10.1 Å². The SMILES string of the molecule is O=C(NCCCOC1CCCCC1)c1ccccc1OCC1CCCO1. The molecule has 1 N–H and O–H groups in total. The van der Waals surface area contributed by atoms with Crippen molar-refractivity contribution in [1.82, 2.24) is 5.32 Å². The zero-order chi connectivity index (χ0) is 18.0. The smallest absolute Gasteiger partial charge is 0.255 e. The third kappa shape index (κ3) is 5.99. The monoisotopic (exact) mass is 361 g/mol. The first-order chi connectivity index (χ1) is 12.8. The largest absolute Gasteiger partial charge is 0.490 e. The predicted octanol–water partition coefficient (Wildman–Crippen LogP) is 3.71. The Morgan fingerprint density at radius 2 is 1.96 bits per heavy atom. The summed E-state index contributed by atoms with van der Waals surface area (Å²) in [6.07, 6.45) is 9.77. The molecule has 1 aromatic carbocycles. The van der Waals surface area contributed by atoms with Crippen LogP contribution in [0.4, 0.5) is 0 Å². The van der Waals surface area contributed by atoms with E-state index in [4.69, 9.17) is 14.2 Å². The molecule has 0 spiro atoms. The average molecular weight is 361 g/mol. The minimum absolute atomic E-state index is 0.0920. The van der Waals surface area contributed by atoms with Crippen molar-refractivity contribution in [1.29, 1.82) is 0 Å². The molecule has 1 aliphatic carbocycles. The van der Waals surface area contributed by atoms with E-state index >= 15 is 0 Å². The van der Waals surface area contributed by atoms with Gasteiger partial charge in [-0.2, -0.15) is 0 Å². The molecule has 3 rings (SSSR count). The molecule has 1 aliphatic heterocycles. The minimum atomic E-state index is -0.0920. The fraction of sp³-hybridized carbons (Fsp3) is 0.667. The Labute approximate surface area is 156 Å². The highest BCUT2D eigenvalue weighted by atomic mass is 16.5. The molecule has 0 radical (unpaired) electrons. The molecule has 2 aliphatic rings. The van der Waals surface area contributed by atoms with Crippen LogP contribution in [0.1, 0.15) is 61.7 Å². The topological polar surface area (TPSA) is 56.8 Å². The maximum Gasteiger partial charge on any atom is 0.255 e. The lowest BCUT2D eigenvalue weighted by Crippen LogP contribution is -2.27. The molecule has 5 heteroatoms. The summed E-state index contributed by atoms with van der Waals surface area (Å²) in [7, 11) is 0. The first-order valence-corrected chi connectivity index (χ1v) is 10.1. The summed E-state index contributed by atoms with van der Waals surface area (Å²) < 4.78 is 17.3. The number of amides is 1. The van der Waals surface area contributed by atoms with E-state index in [2.05, 4.69) is 5.32 Å². The number of carbonyl (C=O) groups excluding carboxylic acids is 1. The quantitative estimate of drug-likeness (QED) is 0.681. The van der Waals surface area contributed by atoms with Crippen molar-refractivity contribution in [3.8, 4) is 5.75 Å². The molecule has 1 unspecified atom stereocenters. The van der Waals surface area contributed by atoms with Gasteiger partial charge in [-0.3, -0.25) is 4.79 Å². The van der Waals surface area contributed by atoms with Crippen molar-refractivity contribution in [2.75, 3.05) is 26.4 Å². The lowest BCUT2D eigenvalue weighted by molar-refractivity contribution is 0.0273. The number of nitrogens with one attached hydrogen (secondary N) is 1. The third-order valence-corrected chi connectivity index (χ3v) is 5.09. The second-order valence-corrected chi connectivity index (χ2v) is 7.18. The van der Waals surface area contributed by atoms with Crippen LogP contribution in [0.2, 0.25) is 0 Å². The Morgan fingerprint density at radius 1 is 1.12 bits per heavy atom. The Bertz CT molecular complexity index is 551. The normalized spacial score (nSPS) is 20.8. The van der Waals surface area contributed by atoms with Crippen molar-refractivity contribution < 1.29 is 19.0 Å². The van der Waals surface area contributed by atoms with Crippen LogP contribution in [-0.2, 0) is 9.47 Å². The highest BCUT2D eigenvalue weighted by molar-refractivity contribution is 5.96. The summed E-state index contributed by atoms with van der Waals surface area (Å²) in [5.41, 5.74) is 0.582. The van der Waals surface area contributed by atoms with Gasteiger partial charge in [-0.15, -0.1) is 0 Å². The summed E-state index contributed by atoms with van der Waals surface area (Å²) >= 11 is 0. The molecular formula is C21H31NO4. The fourth-order valence-electron chi connectivity index (χ4n) is 3.59. The molecule has 26 heavy (non-hydrogen) atoms. The standard InChI is InChI=1S/C21H31NO4/c23-21(22-13-7-15-24-17-8-2-1-3-9-17)19-11-4-5-12-20(19)26-16-18-10-6-14-25-18/h4-5,11-12,17-18H,1-3,6-10,13-16H2,(H,22,23). The summed E-state index contributed by atoms with van der Waals surface area (Å²) in [5.74, 6) is 0.532. The highest BCUT2D eigenvalue weighted by Crippen LogP contribution is 2.21. The summed E-state index contributed by atoms with van der Waals surface area (Å²) in [6.45, 7) is 2.63.